The molecule has 0 radical (unpaired) electrons. The van der Waals surface area contributed by atoms with E-state index in [2.05, 4.69) is 24.5 Å². The van der Waals surface area contributed by atoms with E-state index < -0.39 is 23.8 Å². The first-order chi connectivity index (χ1) is 22.0. The maximum atomic E-state index is 14.7. The van der Waals surface area contributed by atoms with Crippen molar-refractivity contribution < 1.29 is 24.2 Å². The lowest BCUT2D eigenvalue weighted by molar-refractivity contribution is -0.142. The lowest BCUT2D eigenvalue weighted by Crippen LogP contribution is -2.54. The molecule has 0 aliphatic carbocycles. The van der Waals surface area contributed by atoms with Crippen LogP contribution in [0.25, 0.3) is 0 Å². The van der Waals surface area contributed by atoms with Crippen LogP contribution in [0, 0.1) is 0 Å². The summed E-state index contributed by atoms with van der Waals surface area (Å²) >= 11 is 0. The Bertz CT molecular complexity index is 1370. The molecule has 0 spiro atoms. The van der Waals surface area contributed by atoms with Crippen LogP contribution in [0.15, 0.2) is 78.9 Å². The number of nitrogens with zero attached hydrogens (tertiary/aromatic N) is 1. The molecule has 3 amide bonds. The molecule has 2 unspecified atom stereocenters. The van der Waals surface area contributed by atoms with Crippen molar-refractivity contribution in [2.24, 2.45) is 0 Å². The number of aryl methyl sites for hydroxylation is 1. The molecule has 2 atom stereocenters. The lowest BCUT2D eigenvalue weighted by atomic mass is 9.98. The van der Waals surface area contributed by atoms with Gasteiger partial charge in [-0.05, 0) is 68.0 Å². The van der Waals surface area contributed by atoms with Crippen molar-refractivity contribution >= 4 is 17.9 Å². The van der Waals surface area contributed by atoms with Crippen LogP contribution in [-0.2, 0) is 33.7 Å². The molecule has 0 bridgehead atoms. The van der Waals surface area contributed by atoms with Crippen LogP contribution in [0.2, 0.25) is 0 Å². The summed E-state index contributed by atoms with van der Waals surface area (Å²) in [6, 6.07) is 22.1. The molecular weight excluding hydrogens is 578 g/mol. The van der Waals surface area contributed by atoms with E-state index in [9.17, 15) is 19.5 Å². The van der Waals surface area contributed by atoms with Crippen molar-refractivity contribution in [3.05, 3.63) is 101 Å². The summed E-state index contributed by atoms with van der Waals surface area (Å²) < 4.78 is 5.55. The zero-order chi connectivity index (χ0) is 33.5. The second-order valence-electron chi connectivity index (χ2n) is 12.7. The largest absolute Gasteiger partial charge is 0.508 e. The van der Waals surface area contributed by atoms with Crippen LogP contribution in [0.1, 0.15) is 95.0 Å². The van der Waals surface area contributed by atoms with Gasteiger partial charge in [-0.1, -0.05) is 106 Å². The maximum absolute atomic E-state index is 14.7. The number of hydrogen-bond acceptors (Lipinski definition) is 5. The van der Waals surface area contributed by atoms with E-state index in [4.69, 9.17) is 4.74 Å². The van der Waals surface area contributed by atoms with E-state index >= 15 is 0 Å². The standard InChI is InChI=1S/C38H51N3O5/c1-6-8-9-10-14-25-41(36(44)33(40-37(45)46-38(3,4)5)26-29-19-23-32(42)24-20-29)34(31-21-17-28(7-2)18-22-31)35(43)39-27-30-15-12-11-13-16-30/h11-13,15-24,33-34,42H,6-10,14,25-27H2,1-5H3,(H,39,43)(H,40,45). The van der Waals surface area contributed by atoms with Crippen LogP contribution in [0.5, 0.6) is 5.75 Å². The summed E-state index contributed by atoms with van der Waals surface area (Å²) in [7, 11) is 0. The number of benzene rings is 3. The molecule has 46 heavy (non-hydrogen) atoms. The molecule has 248 valence electrons. The Morgan fingerprint density at radius 3 is 2.04 bits per heavy atom. The van der Waals surface area contributed by atoms with Gasteiger partial charge in [0, 0.05) is 19.5 Å². The third-order valence-electron chi connectivity index (χ3n) is 7.72. The molecule has 3 aromatic rings. The zero-order valence-corrected chi connectivity index (χ0v) is 28.1. The van der Waals surface area contributed by atoms with Gasteiger partial charge in [-0.3, -0.25) is 9.59 Å². The Morgan fingerprint density at radius 1 is 0.804 bits per heavy atom. The second-order valence-corrected chi connectivity index (χ2v) is 12.7. The van der Waals surface area contributed by atoms with Gasteiger partial charge in [-0.25, -0.2) is 4.79 Å². The number of unbranched alkanes of at least 4 members (excludes halogenated alkanes) is 4. The fourth-order valence-electron chi connectivity index (χ4n) is 5.26. The van der Waals surface area contributed by atoms with Gasteiger partial charge in [-0.15, -0.1) is 0 Å². The minimum atomic E-state index is -1.02. The summed E-state index contributed by atoms with van der Waals surface area (Å²) in [6.07, 6.45) is 5.11. The van der Waals surface area contributed by atoms with Crippen LogP contribution in [0.3, 0.4) is 0 Å². The molecule has 0 aliphatic heterocycles. The minimum Gasteiger partial charge on any atom is -0.508 e. The minimum absolute atomic E-state index is 0.103. The van der Waals surface area contributed by atoms with Gasteiger partial charge in [0.15, 0.2) is 0 Å². The van der Waals surface area contributed by atoms with Crippen LogP contribution in [-0.4, -0.2) is 46.1 Å². The Kier molecular flexibility index (Phi) is 14.1. The summed E-state index contributed by atoms with van der Waals surface area (Å²) in [4.78, 5) is 43.5. The maximum Gasteiger partial charge on any atom is 0.408 e. The molecule has 0 saturated carbocycles. The summed E-state index contributed by atoms with van der Waals surface area (Å²) in [5.74, 6) is -0.573. The Morgan fingerprint density at radius 2 is 1.43 bits per heavy atom. The van der Waals surface area contributed by atoms with E-state index in [1.807, 2.05) is 54.6 Å². The highest BCUT2D eigenvalue weighted by atomic mass is 16.6. The van der Waals surface area contributed by atoms with Crippen molar-refractivity contribution in [2.45, 2.75) is 104 Å². The van der Waals surface area contributed by atoms with Gasteiger partial charge in [0.25, 0.3) is 0 Å². The average molecular weight is 630 g/mol. The van der Waals surface area contributed by atoms with Gasteiger partial charge in [-0.2, -0.15) is 0 Å². The van der Waals surface area contributed by atoms with Crippen molar-refractivity contribution in [3.63, 3.8) is 0 Å². The van der Waals surface area contributed by atoms with Crippen LogP contribution < -0.4 is 10.6 Å². The van der Waals surface area contributed by atoms with Crippen molar-refractivity contribution in [1.82, 2.24) is 15.5 Å². The fourth-order valence-corrected chi connectivity index (χ4v) is 5.26. The number of phenolic OH excluding ortho intramolecular Hbond substituents is 1. The molecule has 0 saturated heterocycles. The molecule has 0 aliphatic rings. The monoisotopic (exact) mass is 629 g/mol. The van der Waals surface area contributed by atoms with E-state index in [1.165, 1.54) is 0 Å². The molecule has 8 nitrogen and oxygen atoms in total. The number of ether oxygens (including phenoxy) is 1. The van der Waals surface area contributed by atoms with Crippen LogP contribution >= 0.6 is 0 Å². The molecule has 3 aromatic carbocycles. The van der Waals surface area contributed by atoms with Gasteiger partial charge in [0.05, 0.1) is 0 Å². The highest BCUT2D eigenvalue weighted by Crippen LogP contribution is 2.26. The van der Waals surface area contributed by atoms with E-state index in [1.54, 1.807) is 49.9 Å². The molecule has 0 aromatic heterocycles. The SMILES string of the molecule is CCCCCCCN(C(=O)C(Cc1ccc(O)cc1)NC(=O)OC(C)(C)C)C(C(=O)NCc1ccccc1)c1ccc(CC)cc1. The number of rotatable bonds is 16. The molecule has 0 heterocycles. The number of phenols is 1. The van der Waals surface area contributed by atoms with E-state index in [0.29, 0.717) is 25.1 Å². The number of amides is 3. The van der Waals surface area contributed by atoms with Crippen molar-refractivity contribution in [2.75, 3.05) is 6.54 Å². The Hall–Kier alpha value is -4.33. The van der Waals surface area contributed by atoms with Gasteiger partial charge < -0.3 is 25.4 Å². The molecule has 3 N–H and O–H groups in total. The van der Waals surface area contributed by atoms with Crippen molar-refractivity contribution in [1.29, 1.82) is 0 Å². The third-order valence-corrected chi connectivity index (χ3v) is 7.72. The topological polar surface area (TPSA) is 108 Å². The summed E-state index contributed by atoms with van der Waals surface area (Å²) in [5.41, 5.74) is 2.75. The molecular formula is C38H51N3O5. The van der Waals surface area contributed by atoms with Crippen molar-refractivity contribution in [3.8, 4) is 5.75 Å². The van der Waals surface area contributed by atoms with Crippen LogP contribution in [0.4, 0.5) is 4.79 Å². The molecule has 8 heteroatoms. The summed E-state index contributed by atoms with van der Waals surface area (Å²) in [5, 5.41) is 15.7. The van der Waals surface area contributed by atoms with E-state index in [0.717, 1.165) is 48.8 Å². The summed E-state index contributed by atoms with van der Waals surface area (Å²) in [6.45, 7) is 10.2. The predicted molar refractivity (Wildman–Crippen MR) is 182 cm³/mol. The highest BCUT2D eigenvalue weighted by molar-refractivity contribution is 5.92. The third kappa shape index (κ3) is 11.9. The first-order valence-electron chi connectivity index (χ1n) is 16.5. The van der Waals surface area contributed by atoms with Gasteiger partial charge in [0.1, 0.15) is 23.4 Å². The Balaban J connectivity index is 2.03. The highest BCUT2D eigenvalue weighted by Gasteiger charge is 2.36. The zero-order valence-electron chi connectivity index (χ0n) is 28.1. The quantitative estimate of drug-likeness (QED) is 0.145. The molecule has 0 fully saturated rings. The number of nitrogens with one attached hydrogen (secondary N) is 2. The number of aromatic hydroxyl groups is 1. The predicted octanol–water partition coefficient (Wildman–Crippen LogP) is 7.25. The average Bonchev–Trinajstić information content (AvgIpc) is 3.03. The first kappa shape index (κ1) is 36.1. The number of alkyl carbamates (subject to hydrolysis) is 1. The smallest absolute Gasteiger partial charge is 0.408 e. The number of carbonyl (C=O) groups excluding carboxylic acids is 3. The fraction of sp³-hybridized carbons (Fsp3) is 0.447. The number of hydrogen-bond donors (Lipinski definition) is 3. The normalized spacial score (nSPS) is 12.5. The van der Waals surface area contributed by atoms with Gasteiger partial charge >= 0.3 is 6.09 Å². The number of carbonyl (C=O) groups is 3. The van der Waals surface area contributed by atoms with Gasteiger partial charge in [0.2, 0.25) is 11.8 Å². The molecule has 3 rings (SSSR count). The van der Waals surface area contributed by atoms with E-state index in [-0.39, 0.29) is 24.0 Å². The lowest BCUT2D eigenvalue weighted by Gasteiger charge is -2.35. The Labute approximate surface area is 274 Å². The second kappa shape index (κ2) is 18.0. The first-order valence-corrected chi connectivity index (χ1v) is 16.5.